The van der Waals surface area contributed by atoms with Crippen LogP contribution >= 0.6 is 22.9 Å². The molecule has 0 unspecified atom stereocenters. The second kappa shape index (κ2) is 6.44. The molecular weight excluding hydrogens is 344 g/mol. The van der Waals surface area contributed by atoms with Crippen LogP contribution in [0.15, 0.2) is 42.4 Å². The molecule has 0 aliphatic carbocycles. The number of hydrogen-bond donors (Lipinski definition) is 1. The Kier molecular flexibility index (Phi) is 3.99. The maximum atomic E-state index is 11.2. The first kappa shape index (κ1) is 14.9. The maximum Gasteiger partial charge on any atom is 0.347 e. The standard InChI is InChI=1S/C18H11ClN2O2S/c1-10-16(18(22)23)24-17(21-10)12-4-7-15(13(8-12)9-20)11-2-5-14(19)6-3-11/h2-8H,1H3,(H,22,23)/i7D. The van der Waals surface area contributed by atoms with E-state index in [1.54, 1.807) is 43.3 Å². The second-order valence-electron chi connectivity index (χ2n) is 5.03. The van der Waals surface area contributed by atoms with Gasteiger partial charge >= 0.3 is 5.97 Å². The molecule has 1 aromatic heterocycles. The van der Waals surface area contributed by atoms with Gasteiger partial charge in [0.15, 0.2) is 0 Å². The van der Waals surface area contributed by atoms with E-state index in [-0.39, 0.29) is 10.9 Å². The van der Waals surface area contributed by atoms with E-state index in [1.165, 1.54) is 0 Å². The molecule has 0 aliphatic heterocycles. The Balaban J connectivity index is 2.15. The van der Waals surface area contributed by atoms with Crippen LogP contribution in [0.3, 0.4) is 0 Å². The fourth-order valence-electron chi connectivity index (χ4n) is 2.28. The third kappa shape index (κ3) is 3.02. The molecule has 4 nitrogen and oxygen atoms in total. The third-order valence-corrected chi connectivity index (χ3v) is 4.88. The van der Waals surface area contributed by atoms with Crippen LogP contribution in [0.5, 0.6) is 0 Å². The molecule has 1 heterocycles. The normalized spacial score (nSPS) is 11.0. The van der Waals surface area contributed by atoms with Gasteiger partial charge in [0.05, 0.1) is 18.7 Å². The van der Waals surface area contributed by atoms with E-state index in [0.29, 0.717) is 32.4 Å². The van der Waals surface area contributed by atoms with Gasteiger partial charge in [0, 0.05) is 10.6 Å². The highest BCUT2D eigenvalue weighted by molar-refractivity contribution is 7.17. The van der Waals surface area contributed by atoms with Crippen molar-refractivity contribution in [2.24, 2.45) is 0 Å². The minimum atomic E-state index is -1.04. The zero-order valence-corrected chi connectivity index (χ0v) is 14.1. The summed E-state index contributed by atoms with van der Waals surface area (Å²) in [6, 6.07) is 12.4. The van der Waals surface area contributed by atoms with Gasteiger partial charge in [0.25, 0.3) is 0 Å². The highest BCUT2D eigenvalue weighted by Crippen LogP contribution is 2.32. The van der Waals surface area contributed by atoms with Crippen LogP contribution in [0.25, 0.3) is 21.7 Å². The van der Waals surface area contributed by atoms with Crippen LogP contribution < -0.4 is 0 Å². The van der Waals surface area contributed by atoms with Gasteiger partial charge in [-0.25, -0.2) is 9.78 Å². The molecule has 0 amide bonds. The summed E-state index contributed by atoms with van der Waals surface area (Å²) in [6.07, 6.45) is 0. The van der Waals surface area contributed by atoms with E-state index in [9.17, 15) is 10.1 Å². The maximum absolute atomic E-state index is 11.2. The minimum Gasteiger partial charge on any atom is -0.477 e. The van der Waals surface area contributed by atoms with Crippen LogP contribution in [0, 0.1) is 18.3 Å². The molecule has 0 radical (unpaired) electrons. The molecule has 3 rings (SSSR count). The lowest BCUT2D eigenvalue weighted by Gasteiger charge is -2.06. The van der Waals surface area contributed by atoms with Crippen molar-refractivity contribution in [3.63, 3.8) is 0 Å². The van der Waals surface area contributed by atoms with Crippen molar-refractivity contribution in [3.05, 3.63) is 63.6 Å². The number of aromatic nitrogens is 1. The smallest absolute Gasteiger partial charge is 0.347 e. The molecule has 0 atom stereocenters. The van der Waals surface area contributed by atoms with Crippen molar-refractivity contribution in [1.29, 1.82) is 5.26 Å². The van der Waals surface area contributed by atoms with E-state index >= 15 is 0 Å². The molecule has 0 fully saturated rings. The molecule has 0 saturated heterocycles. The number of hydrogen-bond acceptors (Lipinski definition) is 4. The number of carboxylic acid groups (broad SMARTS) is 1. The van der Waals surface area contributed by atoms with Crippen molar-refractivity contribution >= 4 is 28.9 Å². The lowest BCUT2D eigenvalue weighted by molar-refractivity contribution is 0.0701. The monoisotopic (exact) mass is 355 g/mol. The molecule has 0 aliphatic rings. The number of thiazole rings is 1. The van der Waals surface area contributed by atoms with Crippen LogP contribution in [0.2, 0.25) is 5.02 Å². The van der Waals surface area contributed by atoms with E-state index in [2.05, 4.69) is 11.1 Å². The summed E-state index contributed by atoms with van der Waals surface area (Å²) in [6.45, 7) is 1.62. The molecule has 0 bridgehead atoms. The Labute approximate surface area is 149 Å². The predicted molar refractivity (Wildman–Crippen MR) is 94.4 cm³/mol. The van der Waals surface area contributed by atoms with Gasteiger partial charge in [-0.05, 0) is 36.2 Å². The van der Waals surface area contributed by atoms with Gasteiger partial charge in [-0.15, -0.1) is 11.3 Å². The Morgan fingerprint density at radius 3 is 2.62 bits per heavy atom. The van der Waals surface area contributed by atoms with Crippen molar-refractivity contribution in [2.45, 2.75) is 6.92 Å². The Hall–Kier alpha value is -2.68. The zero-order chi connectivity index (χ0) is 18.1. The number of benzene rings is 2. The summed E-state index contributed by atoms with van der Waals surface area (Å²) < 4.78 is 8.32. The van der Waals surface area contributed by atoms with E-state index in [1.807, 2.05) is 0 Å². The lowest BCUT2D eigenvalue weighted by atomic mass is 9.98. The van der Waals surface area contributed by atoms with Gasteiger partial charge in [0.1, 0.15) is 9.88 Å². The Morgan fingerprint density at radius 2 is 2.04 bits per heavy atom. The first-order valence-corrected chi connectivity index (χ1v) is 8.12. The topological polar surface area (TPSA) is 74.0 Å². The van der Waals surface area contributed by atoms with E-state index < -0.39 is 5.97 Å². The third-order valence-electron chi connectivity index (χ3n) is 3.43. The second-order valence-corrected chi connectivity index (χ2v) is 6.47. The number of carboxylic acids is 1. The van der Waals surface area contributed by atoms with Gasteiger partial charge in [0.2, 0.25) is 0 Å². The van der Waals surface area contributed by atoms with Crippen molar-refractivity contribution in [1.82, 2.24) is 4.98 Å². The van der Waals surface area contributed by atoms with E-state index in [4.69, 9.17) is 18.1 Å². The molecule has 3 aromatic rings. The van der Waals surface area contributed by atoms with Gasteiger partial charge < -0.3 is 5.11 Å². The van der Waals surface area contributed by atoms with Gasteiger partial charge in [-0.1, -0.05) is 35.8 Å². The lowest BCUT2D eigenvalue weighted by Crippen LogP contribution is -1.94. The zero-order valence-electron chi connectivity index (χ0n) is 13.5. The van der Waals surface area contributed by atoms with Crippen molar-refractivity contribution < 1.29 is 11.3 Å². The predicted octanol–water partition coefficient (Wildman–Crippen LogP) is 5.01. The quantitative estimate of drug-likeness (QED) is 0.716. The van der Waals surface area contributed by atoms with Crippen LogP contribution in [-0.2, 0) is 0 Å². The van der Waals surface area contributed by atoms with Crippen LogP contribution in [-0.4, -0.2) is 16.1 Å². The SMILES string of the molecule is [2H]c1cc(-c2nc(C)c(C(=O)O)s2)cc(C#N)c1-c1ccc(Cl)cc1. The molecule has 0 saturated carbocycles. The Bertz CT molecular complexity index is 1020. The summed E-state index contributed by atoms with van der Waals surface area (Å²) in [5, 5.41) is 19.7. The molecule has 118 valence electrons. The van der Waals surface area contributed by atoms with Crippen LogP contribution in [0.1, 0.15) is 22.3 Å². The van der Waals surface area contributed by atoms with E-state index in [0.717, 1.165) is 16.9 Å². The van der Waals surface area contributed by atoms with Crippen LogP contribution in [0.4, 0.5) is 0 Å². The highest BCUT2D eigenvalue weighted by Gasteiger charge is 2.16. The fourth-order valence-corrected chi connectivity index (χ4v) is 3.30. The summed E-state index contributed by atoms with van der Waals surface area (Å²) >= 11 is 6.93. The molecular formula is C18H11ClN2O2S. The number of carbonyl (C=O) groups is 1. The number of aryl methyl sites for hydroxylation is 1. The molecule has 24 heavy (non-hydrogen) atoms. The molecule has 1 N–H and O–H groups in total. The number of nitrogens with zero attached hydrogens (tertiary/aromatic N) is 2. The average molecular weight is 356 g/mol. The average Bonchev–Trinajstić information content (AvgIpc) is 2.97. The fraction of sp³-hybridized carbons (Fsp3) is 0.0556. The van der Waals surface area contributed by atoms with Crippen molar-refractivity contribution in [2.75, 3.05) is 0 Å². The minimum absolute atomic E-state index is 0.154. The number of rotatable bonds is 3. The number of aromatic carboxylic acids is 1. The molecule has 0 spiro atoms. The van der Waals surface area contributed by atoms with Crippen molar-refractivity contribution in [3.8, 4) is 27.8 Å². The van der Waals surface area contributed by atoms with Gasteiger partial charge in [-0.3, -0.25) is 0 Å². The summed E-state index contributed by atoms with van der Waals surface area (Å²) in [5.41, 5.74) is 2.53. The Morgan fingerprint density at radius 1 is 1.33 bits per heavy atom. The molecule has 6 heteroatoms. The summed E-state index contributed by atoms with van der Waals surface area (Å²) in [4.78, 5) is 15.6. The largest absolute Gasteiger partial charge is 0.477 e. The number of halogens is 1. The highest BCUT2D eigenvalue weighted by atomic mass is 35.5. The first-order valence-electron chi connectivity index (χ1n) is 7.42. The van der Waals surface area contributed by atoms with Gasteiger partial charge in [-0.2, -0.15) is 5.26 Å². The number of nitriles is 1. The summed E-state index contributed by atoms with van der Waals surface area (Å²) in [5.74, 6) is -1.04. The first-order chi connectivity index (χ1) is 11.9. The molecule has 2 aromatic carbocycles. The summed E-state index contributed by atoms with van der Waals surface area (Å²) in [7, 11) is 0.